The van der Waals surface area contributed by atoms with E-state index in [4.69, 9.17) is 0 Å². The fourth-order valence-electron chi connectivity index (χ4n) is 3.84. The molecular weight excluding hydrogens is 310 g/mol. The first-order valence-electron chi connectivity index (χ1n) is 8.05. The number of Topliss-reactive ketones (excluding diaryl/α,β-unsaturated/α-hetero) is 1. The van der Waals surface area contributed by atoms with Crippen LogP contribution in [0.25, 0.3) is 0 Å². The molecule has 6 nitrogen and oxygen atoms in total. The van der Waals surface area contributed by atoms with Crippen LogP contribution in [0.2, 0.25) is 0 Å². The molecule has 0 spiro atoms. The topological polar surface area (TPSA) is 91.8 Å². The number of ketones is 2. The molecule has 24 heavy (non-hydrogen) atoms. The van der Waals surface area contributed by atoms with E-state index in [2.05, 4.69) is 0 Å². The molecule has 0 heterocycles. The molecule has 0 radical (unpaired) electrons. The van der Waals surface area contributed by atoms with Gasteiger partial charge in [-0.2, -0.15) is 0 Å². The van der Waals surface area contributed by atoms with Gasteiger partial charge in [0.25, 0.3) is 0 Å². The highest BCUT2D eigenvalue weighted by atomic mass is 16.4. The van der Waals surface area contributed by atoms with Gasteiger partial charge in [0.15, 0.2) is 11.6 Å². The van der Waals surface area contributed by atoms with Crippen LogP contribution in [0.5, 0.6) is 0 Å². The minimum absolute atomic E-state index is 0.0896. The molecule has 0 bridgehead atoms. The highest BCUT2D eigenvalue weighted by molar-refractivity contribution is 6.12. The maximum atomic E-state index is 12.9. The summed E-state index contributed by atoms with van der Waals surface area (Å²) in [6, 6.07) is 0. The Kier molecular flexibility index (Phi) is 5.74. The lowest BCUT2D eigenvalue weighted by molar-refractivity contribution is -0.154. The van der Waals surface area contributed by atoms with Crippen molar-refractivity contribution in [3.63, 3.8) is 0 Å². The first kappa shape index (κ1) is 20.1. The van der Waals surface area contributed by atoms with Crippen LogP contribution in [-0.2, 0) is 19.2 Å². The van der Waals surface area contributed by atoms with Crippen LogP contribution in [0.3, 0.4) is 0 Å². The number of nitrogens with zero attached hydrogens (tertiary/aromatic N) is 1. The maximum absolute atomic E-state index is 12.9. The summed E-state index contributed by atoms with van der Waals surface area (Å²) in [5, 5.41) is 9.26. The van der Waals surface area contributed by atoms with Gasteiger partial charge in [0.05, 0.1) is 6.42 Å². The third-order valence-corrected chi connectivity index (χ3v) is 5.34. The average molecular weight is 337 g/mol. The molecular formula is C18H27NO5. The predicted molar refractivity (Wildman–Crippen MR) is 89.3 cm³/mol. The average Bonchev–Trinajstić information content (AvgIpc) is 2.43. The van der Waals surface area contributed by atoms with Gasteiger partial charge in [-0.3, -0.25) is 19.2 Å². The van der Waals surface area contributed by atoms with Crippen molar-refractivity contribution >= 4 is 23.4 Å². The van der Waals surface area contributed by atoms with Crippen molar-refractivity contribution in [1.29, 1.82) is 0 Å². The summed E-state index contributed by atoms with van der Waals surface area (Å²) in [5.74, 6) is -2.27. The number of carboxylic acids is 1. The fourth-order valence-corrected chi connectivity index (χ4v) is 3.84. The van der Waals surface area contributed by atoms with Gasteiger partial charge in [-0.1, -0.05) is 20.8 Å². The minimum atomic E-state index is -1.20. The summed E-state index contributed by atoms with van der Waals surface area (Å²) < 4.78 is 0. The summed E-state index contributed by atoms with van der Waals surface area (Å²) in [6.45, 7) is 6.64. The lowest BCUT2D eigenvalue weighted by Gasteiger charge is -2.49. The summed E-state index contributed by atoms with van der Waals surface area (Å²) in [7, 11) is 3.25. The summed E-state index contributed by atoms with van der Waals surface area (Å²) in [6.07, 6.45) is 1.30. The molecule has 6 heteroatoms. The molecule has 2 unspecified atom stereocenters. The Morgan fingerprint density at radius 1 is 1.29 bits per heavy atom. The van der Waals surface area contributed by atoms with Crippen molar-refractivity contribution in [2.75, 3.05) is 14.1 Å². The van der Waals surface area contributed by atoms with E-state index in [1.165, 1.54) is 11.0 Å². The van der Waals surface area contributed by atoms with Gasteiger partial charge in [0.2, 0.25) is 5.91 Å². The van der Waals surface area contributed by atoms with Gasteiger partial charge in [-0.25, -0.2) is 0 Å². The van der Waals surface area contributed by atoms with E-state index >= 15 is 0 Å². The van der Waals surface area contributed by atoms with Crippen molar-refractivity contribution in [1.82, 2.24) is 4.90 Å². The van der Waals surface area contributed by atoms with Crippen LogP contribution in [0.1, 0.15) is 47.0 Å². The van der Waals surface area contributed by atoms with Crippen LogP contribution >= 0.6 is 0 Å². The van der Waals surface area contributed by atoms with Crippen LogP contribution in [0.4, 0.5) is 0 Å². The lowest BCUT2D eigenvalue weighted by atomic mass is 9.51. The number of hydrogen-bond acceptors (Lipinski definition) is 4. The number of rotatable bonds is 6. The van der Waals surface area contributed by atoms with Gasteiger partial charge in [0, 0.05) is 31.8 Å². The molecule has 0 saturated heterocycles. The Hall–Kier alpha value is -1.98. The SMILES string of the molecule is CC1=CC(=O)C(CCC(=O)N(C)C)(C(C)(C)CC(=O)O)C(C)C1=O. The Morgan fingerprint density at radius 3 is 2.29 bits per heavy atom. The summed E-state index contributed by atoms with van der Waals surface area (Å²) in [4.78, 5) is 50.3. The van der Waals surface area contributed by atoms with Gasteiger partial charge in [-0.15, -0.1) is 0 Å². The van der Waals surface area contributed by atoms with Crippen molar-refractivity contribution in [2.45, 2.75) is 47.0 Å². The summed E-state index contributed by atoms with van der Waals surface area (Å²) >= 11 is 0. The lowest BCUT2D eigenvalue weighted by Crippen LogP contribution is -2.54. The molecule has 1 aliphatic rings. The Labute approximate surface area is 142 Å². The van der Waals surface area contributed by atoms with Crippen molar-refractivity contribution in [3.05, 3.63) is 11.6 Å². The van der Waals surface area contributed by atoms with Crippen LogP contribution < -0.4 is 0 Å². The monoisotopic (exact) mass is 337 g/mol. The number of carboxylic acid groups (broad SMARTS) is 1. The zero-order valence-electron chi connectivity index (χ0n) is 15.3. The molecule has 0 aromatic carbocycles. The Morgan fingerprint density at radius 2 is 1.83 bits per heavy atom. The second-order valence-electron chi connectivity index (χ2n) is 7.49. The van der Waals surface area contributed by atoms with Gasteiger partial charge in [0.1, 0.15) is 0 Å². The molecule has 0 aliphatic heterocycles. The first-order valence-corrected chi connectivity index (χ1v) is 8.05. The second kappa shape index (κ2) is 6.87. The number of carbonyl (C=O) groups is 4. The first-order chi connectivity index (χ1) is 10.9. The van der Waals surface area contributed by atoms with Gasteiger partial charge < -0.3 is 10.0 Å². The Bertz CT molecular complexity index is 603. The highest BCUT2D eigenvalue weighted by Crippen LogP contribution is 2.54. The van der Waals surface area contributed by atoms with Crippen molar-refractivity contribution < 1.29 is 24.3 Å². The van der Waals surface area contributed by atoms with E-state index < -0.39 is 22.7 Å². The van der Waals surface area contributed by atoms with Crippen molar-refractivity contribution in [3.8, 4) is 0 Å². The smallest absolute Gasteiger partial charge is 0.303 e. The van der Waals surface area contributed by atoms with Gasteiger partial charge in [-0.05, 0) is 30.4 Å². The van der Waals surface area contributed by atoms with E-state index in [1.807, 2.05) is 0 Å². The zero-order valence-corrected chi connectivity index (χ0v) is 15.3. The predicted octanol–water partition coefficient (Wildman–Crippen LogP) is 2.08. The molecule has 0 aromatic rings. The second-order valence-corrected chi connectivity index (χ2v) is 7.49. The van der Waals surface area contributed by atoms with E-state index in [0.717, 1.165) is 0 Å². The largest absolute Gasteiger partial charge is 0.481 e. The van der Waals surface area contributed by atoms with Crippen LogP contribution in [0, 0.1) is 16.7 Å². The van der Waals surface area contributed by atoms with E-state index in [9.17, 15) is 24.3 Å². The molecule has 0 saturated carbocycles. The third kappa shape index (κ3) is 3.42. The number of amides is 1. The normalized spacial score (nSPS) is 24.6. The van der Waals surface area contributed by atoms with Crippen LogP contribution in [-0.4, -0.2) is 47.5 Å². The van der Waals surface area contributed by atoms with E-state index in [0.29, 0.717) is 5.57 Å². The minimum Gasteiger partial charge on any atom is -0.481 e. The Balaban J connectivity index is 3.41. The number of allylic oxidation sites excluding steroid dienone is 2. The fraction of sp³-hybridized carbons (Fsp3) is 0.667. The molecule has 2 atom stereocenters. The molecule has 0 aromatic heterocycles. The maximum Gasteiger partial charge on any atom is 0.303 e. The van der Waals surface area contributed by atoms with Gasteiger partial charge >= 0.3 is 5.97 Å². The molecule has 1 aliphatic carbocycles. The third-order valence-electron chi connectivity index (χ3n) is 5.34. The molecule has 0 fully saturated rings. The quantitative estimate of drug-likeness (QED) is 0.801. The molecule has 1 amide bonds. The number of carbonyl (C=O) groups excluding carboxylic acids is 3. The highest BCUT2D eigenvalue weighted by Gasteiger charge is 2.57. The van der Waals surface area contributed by atoms with Crippen molar-refractivity contribution in [2.24, 2.45) is 16.7 Å². The molecule has 1 N–H and O–H groups in total. The molecule has 1 rings (SSSR count). The number of hydrogen-bond donors (Lipinski definition) is 1. The molecule has 134 valence electrons. The van der Waals surface area contributed by atoms with Crippen LogP contribution in [0.15, 0.2) is 11.6 Å². The zero-order chi connectivity index (χ0) is 18.9. The standard InChI is InChI=1S/C18H27NO5/c1-11-9-13(20)18(12(2)16(11)24,8-7-14(21)19(5)6)17(3,4)10-15(22)23/h9,12H,7-8,10H2,1-6H3,(H,22,23). The van der Waals surface area contributed by atoms with E-state index in [-0.39, 0.29) is 36.7 Å². The number of aliphatic carboxylic acids is 1. The van der Waals surface area contributed by atoms with E-state index in [1.54, 1.807) is 41.8 Å². The summed E-state index contributed by atoms with van der Waals surface area (Å²) in [5.41, 5.74) is -1.78.